The molecular weight excluding hydrogens is 497 g/mol. The Kier molecular flexibility index (Phi) is 5.48. The Labute approximate surface area is 196 Å². The highest BCUT2D eigenvalue weighted by molar-refractivity contribution is 9.10. The third-order valence-corrected chi connectivity index (χ3v) is 6.37. The van der Waals surface area contributed by atoms with Crippen molar-refractivity contribution in [3.8, 4) is 11.1 Å². The molecule has 3 aromatic carbocycles. The fourth-order valence-corrected chi connectivity index (χ4v) is 4.53. The van der Waals surface area contributed by atoms with Gasteiger partial charge in [0.25, 0.3) is 5.91 Å². The fourth-order valence-electron chi connectivity index (χ4n) is 4.26. The first kappa shape index (κ1) is 21.7. The number of benzene rings is 3. The molecule has 5 rings (SSSR count). The smallest absolute Gasteiger partial charge is 0.417 e. The fraction of sp³-hybridized carbons (Fsp3) is 0.200. The standard InChI is InChI=1S/C25H18BrF3N2O2/c26-17-10-7-15(8-11-17)24(32)31-13-3-6-21(31)23-30-20-14-16(9-12-22(20)33-23)18-4-1-2-5-19(18)25(27,28)29/h1-2,4-5,7-12,14,21H,3,6,13H2/t21-/m0/s1. The maximum Gasteiger partial charge on any atom is 0.417 e. The lowest BCUT2D eigenvalue weighted by Crippen LogP contribution is -2.30. The SMILES string of the molecule is O=C(c1ccc(Br)cc1)N1CCC[C@H]1c1nc2cc(-c3ccccc3C(F)(F)F)ccc2o1. The van der Waals surface area contributed by atoms with Gasteiger partial charge in [-0.3, -0.25) is 4.79 Å². The highest BCUT2D eigenvalue weighted by atomic mass is 79.9. The molecule has 0 saturated carbocycles. The van der Waals surface area contributed by atoms with Gasteiger partial charge in [0.15, 0.2) is 5.58 Å². The zero-order chi connectivity index (χ0) is 23.2. The van der Waals surface area contributed by atoms with E-state index in [-0.39, 0.29) is 17.5 Å². The number of likely N-dealkylation sites (tertiary alicyclic amines) is 1. The molecule has 33 heavy (non-hydrogen) atoms. The van der Waals surface area contributed by atoms with Crippen LogP contribution in [0.25, 0.3) is 22.2 Å². The molecule has 1 amide bonds. The zero-order valence-electron chi connectivity index (χ0n) is 17.3. The summed E-state index contributed by atoms with van der Waals surface area (Å²) < 4.78 is 47.2. The molecule has 1 aromatic heterocycles. The van der Waals surface area contributed by atoms with E-state index in [4.69, 9.17) is 4.42 Å². The van der Waals surface area contributed by atoms with Crippen LogP contribution in [0.4, 0.5) is 13.2 Å². The number of oxazole rings is 1. The Morgan fingerprint density at radius 1 is 1.06 bits per heavy atom. The minimum absolute atomic E-state index is 0.0874. The van der Waals surface area contributed by atoms with Crippen molar-refractivity contribution in [2.75, 3.05) is 6.54 Å². The van der Waals surface area contributed by atoms with E-state index in [0.717, 1.165) is 17.0 Å². The molecule has 1 aliphatic heterocycles. The van der Waals surface area contributed by atoms with Gasteiger partial charge in [-0.25, -0.2) is 4.98 Å². The Balaban J connectivity index is 1.48. The predicted octanol–water partition coefficient (Wildman–Crippen LogP) is 7.25. The summed E-state index contributed by atoms with van der Waals surface area (Å²) in [6.45, 7) is 0.586. The Hall–Kier alpha value is -3.13. The molecule has 0 bridgehead atoms. The number of halogens is 4. The van der Waals surface area contributed by atoms with Crippen LogP contribution in [0.5, 0.6) is 0 Å². The molecule has 0 spiro atoms. The number of hydrogen-bond donors (Lipinski definition) is 0. The van der Waals surface area contributed by atoms with Crippen molar-refractivity contribution < 1.29 is 22.4 Å². The van der Waals surface area contributed by atoms with Gasteiger partial charge >= 0.3 is 6.18 Å². The summed E-state index contributed by atoms with van der Waals surface area (Å²) in [5, 5.41) is 0. The van der Waals surface area contributed by atoms with Crippen molar-refractivity contribution in [1.29, 1.82) is 0 Å². The summed E-state index contributed by atoms with van der Waals surface area (Å²) in [7, 11) is 0. The highest BCUT2D eigenvalue weighted by Gasteiger charge is 2.35. The molecule has 1 fully saturated rings. The molecule has 4 nitrogen and oxygen atoms in total. The Morgan fingerprint density at radius 2 is 1.82 bits per heavy atom. The number of rotatable bonds is 3. The molecule has 1 atom stereocenters. The summed E-state index contributed by atoms with van der Waals surface area (Å²) in [4.78, 5) is 19.4. The van der Waals surface area contributed by atoms with Crippen molar-refractivity contribution in [2.24, 2.45) is 0 Å². The van der Waals surface area contributed by atoms with Gasteiger partial charge in [0.1, 0.15) is 11.6 Å². The predicted molar refractivity (Wildman–Crippen MR) is 122 cm³/mol. The van der Waals surface area contributed by atoms with E-state index in [0.29, 0.717) is 41.1 Å². The van der Waals surface area contributed by atoms with Gasteiger partial charge < -0.3 is 9.32 Å². The third kappa shape index (κ3) is 4.15. The van der Waals surface area contributed by atoms with Gasteiger partial charge in [0.05, 0.1) is 5.56 Å². The first-order chi connectivity index (χ1) is 15.8. The molecule has 0 unspecified atom stereocenters. The summed E-state index contributed by atoms with van der Waals surface area (Å²) in [5.41, 5.74) is 1.31. The molecule has 1 aliphatic rings. The molecule has 168 valence electrons. The normalized spacial score (nSPS) is 16.5. The first-order valence-corrected chi connectivity index (χ1v) is 11.2. The number of carbonyl (C=O) groups excluding carboxylic acids is 1. The maximum absolute atomic E-state index is 13.5. The van der Waals surface area contributed by atoms with Crippen molar-refractivity contribution in [3.05, 3.63) is 88.2 Å². The van der Waals surface area contributed by atoms with Crippen LogP contribution in [0.1, 0.15) is 40.7 Å². The third-order valence-electron chi connectivity index (χ3n) is 5.84. The van der Waals surface area contributed by atoms with Crippen molar-refractivity contribution in [2.45, 2.75) is 25.1 Å². The second-order valence-electron chi connectivity index (χ2n) is 7.94. The minimum Gasteiger partial charge on any atom is -0.438 e. The number of aromatic nitrogens is 1. The van der Waals surface area contributed by atoms with Gasteiger partial charge in [0.2, 0.25) is 5.89 Å². The van der Waals surface area contributed by atoms with Crippen LogP contribution >= 0.6 is 15.9 Å². The minimum atomic E-state index is -4.46. The average molecular weight is 515 g/mol. The quantitative estimate of drug-likeness (QED) is 0.289. The lowest BCUT2D eigenvalue weighted by atomic mass is 9.99. The molecule has 4 aromatic rings. The van der Waals surface area contributed by atoms with E-state index < -0.39 is 11.7 Å². The second kappa shape index (κ2) is 8.33. The van der Waals surface area contributed by atoms with Crippen LogP contribution in [-0.2, 0) is 6.18 Å². The van der Waals surface area contributed by atoms with Crippen molar-refractivity contribution in [3.63, 3.8) is 0 Å². The topological polar surface area (TPSA) is 46.3 Å². The van der Waals surface area contributed by atoms with Gasteiger partial charge in [-0.1, -0.05) is 40.2 Å². The number of nitrogens with zero attached hydrogens (tertiary/aromatic N) is 2. The molecule has 1 saturated heterocycles. The van der Waals surface area contributed by atoms with Crippen LogP contribution in [0.3, 0.4) is 0 Å². The van der Waals surface area contributed by atoms with Gasteiger partial charge in [0, 0.05) is 16.6 Å². The Morgan fingerprint density at radius 3 is 2.58 bits per heavy atom. The summed E-state index contributed by atoms with van der Waals surface area (Å²) >= 11 is 3.37. The molecule has 0 aliphatic carbocycles. The van der Waals surface area contributed by atoms with Crippen LogP contribution in [0.15, 0.2) is 75.6 Å². The Bertz CT molecular complexity index is 1330. The van der Waals surface area contributed by atoms with Crippen LogP contribution in [-0.4, -0.2) is 22.3 Å². The number of amides is 1. The lowest BCUT2D eigenvalue weighted by Gasteiger charge is -2.22. The number of fused-ring (bicyclic) bond motifs is 1. The van der Waals surface area contributed by atoms with E-state index in [1.165, 1.54) is 12.1 Å². The lowest BCUT2D eigenvalue weighted by molar-refractivity contribution is -0.137. The van der Waals surface area contributed by atoms with Crippen LogP contribution < -0.4 is 0 Å². The molecule has 0 N–H and O–H groups in total. The van der Waals surface area contributed by atoms with Crippen molar-refractivity contribution in [1.82, 2.24) is 9.88 Å². The van der Waals surface area contributed by atoms with E-state index in [1.807, 2.05) is 12.1 Å². The second-order valence-corrected chi connectivity index (χ2v) is 8.86. The van der Waals surface area contributed by atoms with E-state index in [2.05, 4.69) is 20.9 Å². The maximum atomic E-state index is 13.5. The van der Waals surface area contributed by atoms with Gasteiger partial charge in [-0.05, 0) is 66.4 Å². The summed E-state index contributed by atoms with van der Waals surface area (Å²) in [5.74, 6) is 0.293. The van der Waals surface area contributed by atoms with Crippen LogP contribution in [0, 0.1) is 0 Å². The molecule has 8 heteroatoms. The molecule has 2 heterocycles. The van der Waals surface area contributed by atoms with E-state index in [1.54, 1.807) is 41.3 Å². The van der Waals surface area contributed by atoms with Gasteiger partial charge in [-0.2, -0.15) is 13.2 Å². The van der Waals surface area contributed by atoms with Gasteiger partial charge in [-0.15, -0.1) is 0 Å². The zero-order valence-corrected chi connectivity index (χ0v) is 18.9. The largest absolute Gasteiger partial charge is 0.438 e. The average Bonchev–Trinajstić information content (AvgIpc) is 3.45. The van der Waals surface area contributed by atoms with Crippen molar-refractivity contribution >= 4 is 32.9 Å². The summed E-state index contributed by atoms with van der Waals surface area (Å²) in [6.07, 6.45) is -2.94. The van der Waals surface area contributed by atoms with E-state index >= 15 is 0 Å². The van der Waals surface area contributed by atoms with Crippen LogP contribution in [0.2, 0.25) is 0 Å². The van der Waals surface area contributed by atoms with E-state index in [9.17, 15) is 18.0 Å². The summed E-state index contributed by atoms with van der Waals surface area (Å²) in [6, 6.07) is 17.1. The first-order valence-electron chi connectivity index (χ1n) is 10.4. The highest BCUT2D eigenvalue weighted by Crippen LogP contribution is 2.39. The number of alkyl halides is 3. The number of hydrogen-bond acceptors (Lipinski definition) is 3. The molecular formula is C25H18BrF3N2O2. The number of carbonyl (C=O) groups is 1. The monoisotopic (exact) mass is 514 g/mol. The molecule has 0 radical (unpaired) electrons.